The highest BCUT2D eigenvalue weighted by Crippen LogP contribution is 2.38. The molecule has 126 valence electrons. The first-order chi connectivity index (χ1) is 10.8. The summed E-state index contributed by atoms with van der Waals surface area (Å²) in [5.74, 6) is -0.771. The number of fused-ring (bicyclic) bond motifs is 1. The number of carbonyl (C=O) groups is 2. The van der Waals surface area contributed by atoms with Crippen molar-refractivity contribution in [2.75, 3.05) is 13.7 Å². The summed E-state index contributed by atoms with van der Waals surface area (Å²) in [5, 5.41) is 3.39. The van der Waals surface area contributed by atoms with E-state index in [1.807, 2.05) is 12.1 Å². The summed E-state index contributed by atoms with van der Waals surface area (Å²) in [5.41, 5.74) is 13.1. The van der Waals surface area contributed by atoms with Crippen molar-refractivity contribution in [2.24, 2.45) is 11.5 Å². The molecule has 23 heavy (non-hydrogen) atoms. The van der Waals surface area contributed by atoms with Crippen molar-refractivity contribution in [3.8, 4) is 0 Å². The Hall–Kier alpha value is -1.92. The first-order valence-electron chi connectivity index (χ1n) is 7.75. The van der Waals surface area contributed by atoms with Gasteiger partial charge in [0.05, 0.1) is 6.10 Å². The molecule has 0 bridgehead atoms. The number of ether oxygens (including phenoxy) is 1. The Bertz CT molecular complexity index is 613. The van der Waals surface area contributed by atoms with Gasteiger partial charge in [-0.05, 0) is 23.3 Å². The van der Waals surface area contributed by atoms with Crippen LogP contribution in [0.1, 0.15) is 41.8 Å². The van der Waals surface area contributed by atoms with Crippen molar-refractivity contribution >= 4 is 11.8 Å². The van der Waals surface area contributed by atoms with Crippen LogP contribution in [0, 0.1) is 0 Å². The van der Waals surface area contributed by atoms with Gasteiger partial charge in [0.15, 0.2) is 0 Å². The Morgan fingerprint density at radius 1 is 1.35 bits per heavy atom. The minimum atomic E-state index is -0.435. The molecule has 0 aromatic heterocycles. The third-order valence-electron chi connectivity index (χ3n) is 4.70. The zero-order valence-electron chi connectivity index (χ0n) is 13.9. The lowest BCUT2D eigenvalue weighted by Crippen LogP contribution is -2.57. The molecule has 2 rings (SSSR count). The fourth-order valence-electron chi connectivity index (χ4n) is 3.43. The van der Waals surface area contributed by atoms with Gasteiger partial charge in [-0.15, -0.1) is 0 Å². The van der Waals surface area contributed by atoms with Crippen molar-refractivity contribution in [1.29, 1.82) is 0 Å². The normalized spacial score (nSPS) is 22.4. The minimum absolute atomic E-state index is 0.00229. The molecule has 0 spiro atoms. The molecule has 2 unspecified atom stereocenters. The summed E-state index contributed by atoms with van der Waals surface area (Å²) in [4.78, 5) is 22.4. The van der Waals surface area contributed by atoms with Gasteiger partial charge < -0.3 is 21.5 Å². The molecule has 0 radical (unpaired) electrons. The summed E-state index contributed by atoms with van der Waals surface area (Å²) in [7, 11) is 1.69. The third kappa shape index (κ3) is 3.54. The molecule has 0 saturated heterocycles. The van der Waals surface area contributed by atoms with Crippen LogP contribution in [0.15, 0.2) is 18.2 Å². The lowest BCUT2D eigenvalue weighted by Gasteiger charge is -2.45. The van der Waals surface area contributed by atoms with Crippen LogP contribution >= 0.6 is 0 Å². The van der Waals surface area contributed by atoms with E-state index in [2.05, 4.69) is 19.2 Å². The molecular weight excluding hydrogens is 294 g/mol. The predicted octanol–water partition coefficient (Wildman–Crippen LogP) is 0.468. The number of primary amides is 2. The van der Waals surface area contributed by atoms with Gasteiger partial charge in [0, 0.05) is 43.5 Å². The summed E-state index contributed by atoms with van der Waals surface area (Å²) < 4.78 is 5.66. The standard InChI is InChI=1S/C17H25N3O3/c1-17(2)12-8-11(16(19)22)5-4-10(12)9-13(23-3)15(17)20-7-6-14(18)21/h4-5,8,13,15,20H,6-7,9H2,1-3H3,(H2,18,21)(H2,19,22). The Kier molecular flexibility index (Phi) is 5.06. The fourth-order valence-corrected chi connectivity index (χ4v) is 3.43. The maximum Gasteiger partial charge on any atom is 0.248 e. The lowest BCUT2D eigenvalue weighted by atomic mass is 9.67. The van der Waals surface area contributed by atoms with E-state index in [1.54, 1.807) is 13.2 Å². The number of carbonyl (C=O) groups excluding carboxylic acids is 2. The zero-order valence-corrected chi connectivity index (χ0v) is 13.9. The molecule has 1 aliphatic rings. The van der Waals surface area contributed by atoms with Gasteiger partial charge >= 0.3 is 0 Å². The number of nitrogens with two attached hydrogens (primary N) is 2. The van der Waals surface area contributed by atoms with Crippen molar-refractivity contribution in [3.63, 3.8) is 0 Å². The minimum Gasteiger partial charge on any atom is -0.379 e. The van der Waals surface area contributed by atoms with Gasteiger partial charge in [0.1, 0.15) is 0 Å². The highest BCUT2D eigenvalue weighted by Gasteiger charge is 2.42. The van der Waals surface area contributed by atoms with E-state index in [-0.39, 0.29) is 29.9 Å². The van der Waals surface area contributed by atoms with Crippen LogP contribution in [0.3, 0.4) is 0 Å². The maximum atomic E-state index is 11.5. The molecule has 1 aromatic rings. The maximum absolute atomic E-state index is 11.5. The lowest BCUT2D eigenvalue weighted by molar-refractivity contribution is -0.118. The predicted molar refractivity (Wildman–Crippen MR) is 88.1 cm³/mol. The second kappa shape index (κ2) is 6.68. The smallest absolute Gasteiger partial charge is 0.248 e. The molecule has 0 saturated carbocycles. The van der Waals surface area contributed by atoms with E-state index in [4.69, 9.17) is 16.2 Å². The van der Waals surface area contributed by atoms with Gasteiger partial charge in [-0.3, -0.25) is 9.59 Å². The molecule has 2 amide bonds. The van der Waals surface area contributed by atoms with Crippen molar-refractivity contribution in [2.45, 2.75) is 44.2 Å². The van der Waals surface area contributed by atoms with E-state index in [0.29, 0.717) is 12.1 Å². The third-order valence-corrected chi connectivity index (χ3v) is 4.70. The monoisotopic (exact) mass is 319 g/mol. The van der Waals surface area contributed by atoms with Crippen molar-refractivity contribution in [1.82, 2.24) is 5.32 Å². The van der Waals surface area contributed by atoms with Crippen molar-refractivity contribution < 1.29 is 14.3 Å². The highest BCUT2D eigenvalue weighted by molar-refractivity contribution is 5.93. The molecule has 0 fully saturated rings. The number of methoxy groups -OCH3 is 1. The molecule has 1 aliphatic carbocycles. The van der Waals surface area contributed by atoms with Crippen LogP contribution in [0.5, 0.6) is 0 Å². The number of benzene rings is 1. The molecule has 1 aromatic carbocycles. The fraction of sp³-hybridized carbons (Fsp3) is 0.529. The average molecular weight is 319 g/mol. The first-order valence-corrected chi connectivity index (χ1v) is 7.75. The second-order valence-corrected chi connectivity index (χ2v) is 6.58. The molecule has 0 heterocycles. The average Bonchev–Trinajstić information content (AvgIpc) is 2.48. The van der Waals surface area contributed by atoms with Gasteiger partial charge in [0.2, 0.25) is 11.8 Å². The van der Waals surface area contributed by atoms with E-state index in [0.717, 1.165) is 17.5 Å². The Labute approximate surface area is 136 Å². The van der Waals surface area contributed by atoms with Crippen LogP contribution in [0.2, 0.25) is 0 Å². The van der Waals surface area contributed by atoms with E-state index >= 15 is 0 Å². The number of hydrogen-bond acceptors (Lipinski definition) is 4. The Morgan fingerprint density at radius 2 is 2.04 bits per heavy atom. The SMILES string of the molecule is COC1Cc2ccc(C(N)=O)cc2C(C)(C)C1NCCC(N)=O. The summed E-state index contributed by atoms with van der Waals surface area (Å²) in [6.45, 7) is 4.70. The van der Waals surface area contributed by atoms with Gasteiger partial charge in [-0.25, -0.2) is 0 Å². The Morgan fingerprint density at radius 3 is 2.61 bits per heavy atom. The van der Waals surface area contributed by atoms with E-state index < -0.39 is 5.91 Å². The largest absolute Gasteiger partial charge is 0.379 e. The van der Waals surface area contributed by atoms with E-state index in [9.17, 15) is 9.59 Å². The van der Waals surface area contributed by atoms with Gasteiger partial charge in [0.25, 0.3) is 0 Å². The van der Waals surface area contributed by atoms with E-state index in [1.165, 1.54) is 0 Å². The van der Waals surface area contributed by atoms with Gasteiger partial charge in [-0.1, -0.05) is 19.9 Å². The van der Waals surface area contributed by atoms with Crippen LogP contribution in [-0.2, 0) is 21.4 Å². The number of rotatable bonds is 6. The summed E-state index contributed by atoms with van der Waals surface area (Å²) in [6, 6.07) is 5.57. The summed E-state index contributed by atoms with van der Waals surface area (Å²) in [6.07, 6.45) is 0.990. The first kappa shape index (κ1) is 17.4. The topological polar surface area (TPSA) is 107 Å². The number of nitrogens with one attached hydrogen (secondary N) is 1. The molecular formula is C17H25N3O3. The molecule has 0 aliphatic heterocycles. The van der Waals surface area contributed by atoms with Crippen LogP contribution in [0.25, 0.3) is 0 Å². The summed E-state index contributed by atoms with van der Waals surface area (Å²) >= 11 is 0. The molecule has 6 nitrogen and oxygen atoms in total. The zero-order chi connectivity index (χ0) is 17.2. The second-order valence-electron chi connectivity index (χ2n) is 6.58. The number of amides is 2. The highest BCUT2D eigenvalue weighted by atomic mass is 16.5. The van der Waals surface area contributed by atoms with Crippen LogP contribution in [-0.4, -0.2) is 37.6 Å². The molecule has 6 heteroatoms. The quantitative estimate of drug-likeness (QED) is 0.708. The van der Waals surface area contributed by atoms with Crippen molar-refractivity contribution in [3.05, 3.63) is 34.9 Å². The number of hydrogen-bond donors (Lipinski definition) is 3. The molecule has 5 N–H and O–H groups in total. The Balaban J connectivity index is 2.34. The van der Waals surface area contributed by atoms with Gasteiger partial charge in [-0.2, -0.15) is 0 Å². The molecule has 2 atom stereocenters. The van der Waals surface area contributed by atoms with Crippen LogP contribution in [0.4, 0.5) is 0 Å². The van der Waals surface area contributed by atoms with Crippen LogP contribution < -0.4 is 16.8 Å².